The fourth-order valence-electron chi connectivity index (χ4n) is 3.63. The van der Waals surface area contributed by atoms with Crippen LogP contribution in [0.2, 0.25) is 0 Å². The van der Waals surface area contributed by atoms with Crippen LogP contribution in [0.4, 0.5) is 4.79 Å². The predicted molar refractivity (Wildman–Crippen MR) is 115 cm³/mol. The monoisotopic (exact) mass is 450 g/mol. The second kappa shape index (κ2) is 12.1. The number of likely N-dealkylation sites (N-methyl/N-ethyl adjacent to an activating group) is 1. The second-order valence-electron chi connectivity index (χ2n) is 8.60. The van der Waals surface area contributed by atoms with Gasteiger partial charge in [-0.25, -0.2) is 4.79 Å². The number of carbonyl (C=O) groups is 1. The normalized spacial score (nSPS) is 15.5. The van der Waals surface area contributed by atoms with E-state index in [0.29, 0.717) is 61.4 Å². The van der Waals surface area contributed by atoms with E-state index in [1.165, 1.54) is 0 Å². The quantitative estimate of drug-likeness (QED) is 0.291. The molecule has 0 saturated carbocycles. The van der Waals surface area contributed by atoms with Crippen molar-refractivity contribution < 1.29 is 29.0 Å². The molecule has 1 unspecified atom stereocenters. The Morgan fingerprint density at radius 1 is 1.41 bits per heavy atom. The minimum atomic E-state index is -0.784. The Hall–Kier alpha value is -3.10. The van der Waals surface area contributed by atoms with Gasteiger partial charge in [-0.3, -0.25) is 0 Å². The molecule has 0 spiro atoms. The van der Waals surface area contributed by atoms with E-state index in [1.54, 1.807) is 29.2 Å². The number of para-hydroxylation sites is 1. The van der Waals surface area contributed by atoms with Gasteiger partial charge in [0.05, 0.1) is 39.4 Å². The molecule has 2 amide bonds. The molecule has 1 heterocycles. The molecule has 176 valence electrons. The van der Waals surface area contributed by atoms with Crippen LogP contribution in [0.25, 0.3) is 0 Å². The number of amides is 2. The molecule has 1 atom stereocenters. The van der Waals surface area contributed by atoms with Gasteiger partial charge in [0, 0.05) is 13.1 Å². The number of carbonyl (C=O) groups excluding carboxylic acids is 1. The van der Waals surface area contributed by atoms with E-state index < -0.39 is 11.2 Å². The maximum absolute atomic E-state index is 12.4. The summed E-state index contributed by atoms with van der Waals surface area (Å²) in [6.45, 7) is 2.70. The van der Waals surface area contributed by atoms with E-state index in [2.05, 4.69) is 16.2 Å². The minimum absolute atomic E-state index is 0.0713. The fraction of sp³-hybridized carbons (Fsp3) is 0.619. The van der Waals surface area contributed by atoms with Crippen molar-refractivity contribution in [1.29, 1.82) is 5.26 Å². The number of benzene rings is 1. The van der Waals surface area contributed by atoms with E-state index in [1.807, 2.05) is 14.1 Å². The van der Waals surface area contributed by atoms with Gasteiger partial charge in [0.2, 0.25) is 0 Å². The van der Waals surface area contributed by atoms with Crippen molar-refractivity contribution >= 4 is 6.03 Å². The van der Waals surface area contributed by atoms with Gasteiger partial charge >= 0.3 is 6.03 Å². The maximum atomic E-state index is 12.4. The Labute approximate surface area is 187 Å². The van der Waals surface area contributed by atoms with Crippen molar-refractivity contribution in [3.63, 3.8) is 0 Å². The van der Waals surface area contributed by atoms with Gasteiger partial charge in [-0.05, 0) is 30.9 Å². The Balaban J connectivity index is 1.66. The summed E-state index contributed by atoms with van der Waals surface area (Å²) in [7, 11) is 3.92. The van der Waals surface area contributed by atoms with Crippen molar-refractivity contribution in [3.05, 3.63) is 39.9 Å². The molecule has 2 N–H and O–H groups in total. The van der Waals surface area contributed by atoms with Crippen molar-refractivity contribution in [3.8, 4) is 11.8 Å². The number of urea groups is 1. The molecule has 0 aromatic heterocycles. The highest BCUT2D eigenvalue weighted by molar-refractivity contribution is 5.74. The molecule has 11 nitrogen and oxygen atoms in total. The van der Waals surface area contributed by atoms with E-state index in [9.17, 15) is 20.0 Å². The Morgan fingerprint density at radius 3 is 2.75 bits per heavy atom. The number of quaternary nitrogens is 1. The molecule has 11 heteroatoms. The molecule has 0 bridgehead atoms. The highest BCUT2D eigenvalue weighted by Crippen LogP contribution is 2.18. The lowest BCUT2D eigenvalue weighted by Crippen LogP contribution is -2.52. The zero-order valence-corrected chi connectivity index (χ0v) is 18.6. The van der Waals surface area contributed by atoms with Gasteiger partial charge < -0.3 is 29.4 Å². The van der Waals surface area contributed by atoms with E-state index in [4.69, 9.17) is 10.00 Å². The molecule has 0 radical (unpaired) electrons. The first-order valence-electron chi connectivity index (χ1n) is 10.6. The molecular formula is C21H32N5O6+. The summed E-state index contributed by atoms with van der Waals surface area (Å²) in [5.41, 5.74) is 0.422. The van der Waals surface area contributed by atoms with Crippen LogP contribution in [-0.2, 0) is 4.84 Å². The average Bonchev–Trinajstić information content (AvgIpc) is 2.76. The van der Waals surface area contributed by atoms with Gasteiger partial charge in [0.15, 0.2) is 0 Å². The van der Waals surface area contributed by atoms with Crippen LogP contribution in [0.5, 0.6) is 5.75 Å². The summed E-state index contributed by atoms with van der Waals surface area (Å²) in [6.07, 6.45) is 0.612. The second-order valence-corrected chi connectivity index (χ2v) is 8.60. The topological polar surface area (TPSA) is 138 Å². The smallest absolute Gasteiger partial charge is 0.317 e. The molecule has 1 fully saturated rings. The number of hydrogen-bond acceptors (Lipinski definition) is 7. The molecular weight excluding hydrogens is 418 g/mol. The number of nitrogens with zero attached hydrogens (tertiary/aromatic N) is 4. The number of aliphatic hydroxyl groups is 1. The first kappa shape index (κ1) is 25.2. The van der Waals surface area contributed by atoms with Crippen LogP contribution < -0.4 is 10.1 Å². The summed E-state index contributed by atoms with van der Waals surface area (Å²) < 4.78 is 6.07. The number of hydrogen-bond donors (Lipinski definition) is 2. The third-order valence-electron chi connectivity index (χ3n) is 5.45. The zero-order valence-electron chi connectivity index (χ0n) is 18.6. The summed E-state index contributed by atoms with van der Waals surface area (Å²) in [6, 6.07) is 8.78. The Bertz CT molecular complexity index is 804. The van der Waals surface area contributed by atoms with E-state index >= 15 is 0 Å². The molecule has 1 aliphatic heterocycles. The summed E-state index contributed by atoms with van der Waals surface area (Å²) >= 11 is 0. The molecule has 32 heavy (non-hydrogen) atoms. The molecule has 1 saturated heterocycles. The number of aliphatic hydroxyl groups excluding tert-OH is 1. The Morgan fingerprint density at radius 2 is 2.09 bits per heavy atom. The van der Waals surface area contributed by atoms with Crippen molar-refractivity contribution in [1.82, 2.24) is 10.2 Å². The minimum Gasteiger partial charge on any atom is -0.489 e. The maximum Gasteiger partial charge on any atom is 0.317 e. The van der Waals surface area contributed by atoms with Crippen molar-refractivity contribution in [2.75, 3.05) is 60.0 Å². The lowest BCUT2D eigenvalue weighted by atomic mass is 9.98. The van der Waals surface area contributed by atoms with Gasteiger partial charge in [0.1, 0.15) is 31.1 Å². The van der Waals surface area contributed by atoms with Crippen LogP contribution in [0, 0.1) is 27.4 Å². The largest absolute Gasteiger partial charge is 0.489 e. The highest BCUT2D eigenvalue weighted by atomic mass is 16.9. The molecule has 1 aromatic rings. The first-order chi connectivity index (χ1) is 15.2. The summed E-state index contributed by atoms with van der Waals surface area (Å²) in [4.78, 5) is 28.8. The van der Waals surface area contributed by atoms with Crippen molar-refractivity contribution in [2.24, 2.45) is 5.92 Å². The van der Waals surface area contributed by atoms with Crippen LogP contribution in [0.1, 0.15) is 18.4 Å². The average molecular weight is 451 g/mol. The molecule has 2 rings (SSSR count). The standard InChI is InChI=1S/C21H31N5O6/c1-26(2,14-19(27)16-31-20-6-4-3-5-18(20)13-22)12-9-23-21(28)24-10-7-17(8-11-24)15-32-25(29)30/h3-6,17,19,27H,7-12,14-16H2,1-2H3/p+1. The third-order valence-corrected chi connectivity index (χ3v) is 5.45. The van der Waals surface area contributed by atoms with Crippen LogP contribution in [0.15, 0.2) is 24.3 Å². The van der Waals surface area contributed by atoms with E-state index in [0.717, 1.165) is 0 Å². The van der Waals surface area contributed by atoms with Crippen LogP contribution in [0.3, 0.4) is 0 Å². The van der Waals surface area contributed by atoms with Gasteiger partial charge in [0.25, 0.3) is 5.09 Å². The Kier molecular flexibility index (Phi) is 9.49. The molecule has 0 aliphatic carbocycles. The zero-order chi connectivity index (χ0) is 23.6. The predicted octanol–water partition coefficient (Wildman–Crippen LogP) is 1.00. The third kappa shape index (κ3) is 8.56. The number of likely N-dealkylation sites (tertiary alicyclic amines) is 1. The lowest BCUT2D eigenvalue weighted by Gasteiger charge is -2.33. The number of rotatable bonds is 11. The summed E-state index contributed by atoms with van der Waals surface area (Å²) in [5.74, 6) is 0.532. The highest BCUT2D eigenvalue weighted by Gasteiger charge is 2.25. The van der Waals surface area contributed by atoms with Crippen LogP contribution in [-0.4, -0.2) is 91.7 Å². The number of ether oxygens (including phenoxy) is 1. The van der Waals surface area contributed by atoms with Gasteiger partial charge in [-0.1, -0.05) is 12.1 Å². The summed E-state index contributed by atoms with van der Waals surface area (Å²) in [5, 5.41) is 31.9. The lowest BCUT2D eigenvalue weighted by molar-refractivity contribution is -0.892. The number of nitriles is 1. The number of nitrogens with one attached hydrogen (secondary N) is 1. The van der Waals surface area contributed by atoms with Gasteiger partial charge in [-0.2, -0.15) is 5.26 Å². The van der Waals surface area contributed by atoms with E-state index in [-0.39, 0.29) is 25.2 Å². The van der Waals surface area contributed by atoms with Crippen molar-refractivity contribution in [2.45, 2.75) is 18.9 Å². The molecule has 1 aliphatic rings. The number of piperidine rings is 1. The SMILES string of the molecule is C[N+](C)(CCNC(=O)N1CCC(CO[N+](=O)[O-])CC1)CC(O)COc1ccccc1C#N. The van der Waals surface area contributed by atoms with Gasteiger partial charge in [-0.15, -0.1) is 10.1 Å². The fourth-order valence-corrected chi connectivity index (χ4v) is 3.63. The first-order valence-corrected chi connectivity index (χ1v) is 10.6. The van der Waals surface area contributed by atoms with Crippen LogP contribution >= 0.6 is 0 Å². The molecule has 1 aromatic carbocycles.